The molecular formula is C17H22FNO3. The number of hydrogen-bond acceptors (Lipinski definition) is 3. The molecule has 120 valence electrons. The van der Waals surface area contributed by atoms with Crippen LogP contribution >= 0.6 is 0 Å². The Bertz CT molecular complexity index is 519. The third-order valence-corrected chi connectivity index (χ3v) is 4.63. The van der Waals surface area contributed by atoms with Crippen LogP contribution in [0.4, 0.5) is 4.39 Å². The van der Waals surface area contributed by atoms with Crippen LogP contribution in [0.5, 0.6) is 0 Å². The lowest BCUT2D eigenvalue weighted by molar-refractivity contribution is -0.143. The molecule has 1 aromatic carbocycles. The third-order valence-electron chi connectivity index (χ3n) is 4.63. The molecule has 4 nitrogen and oxygen atoms in total. The number of carbonyl (C=O) groups excluding carboxylic acids is 1. The summed E-state index contributed by atoms with van der Waals surface area (Å²) in [5.74, 6) is 0.281. The van der Waals surface area contributed by atoms with Gasteiger partial charge in [-0.25, -0.2) is 4.39 Å². The summed E-state index contributed by atoms with van der Waals surface area (Å²) in [5.41, 5.74) is 0.848. The molecule has 3 rings (SSSR count). The molecule has 0 N–H and O–H groups in total. The maximum atomic E-state index is 12.9. The van der Waals surface area contributed by atoms with E-state index in [1.165, 1.54) is 12.1 Å². The lowest BCUT2D eigenvalue weighted by atomic mass is 10.1. The summed E-state index contributed by atoms with van der Waals surface area (Å²) in [6.45, 7) is 1.95. The number of benzene rings is 1. The monoisotopic (exact) mass is 307 g/mol. The average Bonchev–Trinajstić information content (AvgIpc) is 2.92. The molecule has 0 aromatic heterocycles. The van der Waals surface area contributed by atoms with Crippen LogP contribution in [-0.2, 0) is 20.7 Å². The SMILES string of the molecule is COC[C@@H]1C[C@@H]2OCCN(C(=O)Cc3ccc(F)cc3)[C@H]2C1. The van der Waals surface area contributed by atoms with Crippen molar-refractivity contribution in [1.82, 2.24) is 4.90 Å². The molecule has 0 spiro atoms. The zero-order chi connectivity index (χ0) is 15.5. The molecule has 1 saturated carbocycles. The lowest BCUT2D eigenvalue weighted by Crippen LogP contribution is -2.51. The number of morpholine rings is 1. The molecule has 22 heavy (non-hydrogen) atoms. The Kier molecular flexibility index (Phi) is 4.74. The van der Waals surface area contributed by atoms with Crippen molar-refractivity contribution in [3.05, 3.63) is 35.6 Å². The Balaban J connectivity index is 1.65. The van der Waals surface area contributed by atoms with Crippen LogP contribution in [0.2, 0.25) is 0 Å². The van der Waals surface area contributed by atoms with Gasteiger partial charge in [-0.1, -0.05) is 12.1 Å². The van der Waals surface area contributed by atoms with Gasteiger partial charge < -0.3 is 14.4 Å². The van der Waals surface area contributed by atoms with Crippen molar-refractivity contribution >= 4 is 5.91 Å². The Morgan fingerprint density at radius 3 is 2.86 bits per heavy atom. The Morgan fingerprint density at radius 2 is 2.14 bits per heavy atom. The lowest BCUT2D eigenvalue weighted by Gasteiger charge is -2.37. The van der Waals surface area contributed by atoms with E-state index < -0.39 is 0 Å². The van der Waals surface area contributed by atoms with Gasteiger partial charge >= 0.3 is 0 Å². The fourth-order valence-electron chi connectivity index (χ4n) is 3.61. The highest BCUT2D eigenvalue weighted by molar-refractivity contribution is 5.79. The molecule has 0 bridgehead atoms. The zero-order valence-corrected chi connectivity index (χ0v) is 12.8. The number of amides is 1. The van der Waals surface area contributed by atoms with E-state index in [0.29, 0.717) is 25.5 Å². The van der Waals surface area contributed by atoms with Gasteiger partial charge in [0.1, 0.15) is 5.82 Å². The summed E-state index contributed by atoms with van der Waals surface area (Å²) < 4.78 is 24.0. The maximum Gasteiger partial charge on any atom is 0.227 e. The van der Waals surface area contributed by atoms with Crippen molar-refractivity contribution in [3.63, 3.8) is 0 Å². The number of fused-ring (bicyclic) bond motifs is 1. The predicted molar refractivity (Wildman–Crippen MR) is 79.9 cm³/mol. The van der Waals surface area contributed by atoms with Gasteiger partial charge in [-0.05, 0) is 36.5 Å². The van der Waals surface area contributed by atoms with Crippen LogP contribution in [0.1, 0.15) is 18.4 Å². The van der Waals surface area contributed by atoms with Gasteiger partial charge in [0.15, 0.2) is 0 Å². The summed E-state index contributed by atoms with van der Waals surface area (Å²) in [4.78, 5) is 14.6. The van der Waals surface area contributed by atoms with Crippen LogP contribution < -0.4 is 0 Å². The standard InChI is InChI=1S/C17H22FNO3/c1-21-11-13-8-15-16(9-13)22-7-6-19(15)17(20)10-12-2-4-14(18)5-3-12/h2-5,13,15-16H,6-11H2,1H3/t13-,15-,16-/m0/s1. The summed E-state index contributed by atoms with van der Waals surface area (Å²) in [5, 5.41) is 0. The maximum absolute atomic E-state index is 12.9. The molecule has 2 aliphatic rings. The second-order valence-corrected chi connectivity index (χ2v) is 6.16. The number of nitrogens with zero attached hydrogens (tertiary/aromatic N) is 1. The fraction of sp³-hybridized carbons (Fsp3) is 0.588. The Morgan fingerprint density at radius 1 is 1.36 bits per heavy atom. The van der Waals surface area contributed by atoms with Gasteiger partial charge in [0.05, 0.1) is 25.2 Å². The van der Waals surface area contributed by atoms with Crippen molar-refractivity contribution in [2.24, 2.45) is 5.92 Å². The third kappa shape index (κ3) is 3.31. The van der Waals surface area contributed by atoms with Gasteiger partial charge in [0.2, 0.25) is 5.91 Å². The molecule has 1 amide bonds. The predicted octanol–water partition coefficient (Wildman–Crippen LogP) is 2.02. The summed E-state index contributed by atoms with van der Waals surface area (Å²) in [7, 11) is 1.71. The van der Waals surface area contributed by atoms with Crippen LogP contribution in [0.15, 0.2) is 24.3 Å². The van der Waals surface area contributed by atoms with Gasteiger partial charge in [-0.3, -0.25) is 4.79 Å². The highest BCUT2D eigenvalue weighted by atomic mass is 19.1. The van der Waals surface area contributed by atoms with Crippen LogP contribution in [0, 0.1) is 11.7 Å². The van der Waals surface area contributed by atoms with E-state index in [0.717, 1.165) is 25.0 Å². The van der Waals surface area contributed by atoms with Gasteiger partial charge in [-0.2, -0.15) is 0 Å². The second-order valence-electron chi connectivity index (χ2n) is 6.16. The minimum atomic E-state index is -0.277. The Hall–Kier alpha value is -1.46. The van der Waals surface area contributed by atoms with Crippen molar-refractivity contribution in [1.29, 1.82) is 0 Å². The normalized spacial score (nSPS) is 27.7. The zero-order valence-electron chi connectivity index (χ0n) is 12.8. The van der Waals surface area contributed by atoms with Gasteiger partial charge in [0.25, 0.3) is 0 Å². The minimum Gasteiger partial charge on any atom is -0.384 e. The summed E-state index contributed by atoms with van der Waals surface area (Å²) in [6.07, 6.45) is 2.34. The van der Waals surface area contributed by atoms with Crippen molar-refractivity contribution in [2.75, 3.05) is 26.9 Å². The topological polar surface area (TPSA) is 38.8 Å². The number of hydrogen-bond donors (Lipinski definition) is 0. The molecule has 0 radical (unpaired) electrons. The molecular weight excluding hydrogens is 285 g/mol. The molecule has 1 aromatic rings. The second kappa shape index (κ2) is 6.75. The smallest absolute Gasteiger partial charge is 0.227 e. The number of methoxy groups -OCH3 is 1. The summed E-state index contributed by atoms with van der Waals surface area (Å²) >= 11 is 0. The molecule has 5 heteroatoms. The fourth-order valence-corrected chi connectivity index (χ4v) is 3.61. The Labute approximate surface area is 130 Å². The van der Waals surface area contributed by atoms with Crippen LogP contribution in [-0.4, -0.2) is 49.8 Å². The number of rotatable bonds is 4. The van der Waals surface area contributed by atoms with Crippen molar-refractivity contribution in [3.8, 4) is 0 Å². The largest absolute Gasteiger partial charge is 0.384 e. The van der Waals surface area contributed by atoms with E-state index >= 15 is 0 Å². The first-order valence-corrected chi connectivity index (χ1v) is 7.82. The summed E-state index contributed by atoms with van der Waals surface area (Å²) in [6, 6.07) is 6.30. The number of halogens is 1. The highest BCUT2D eigenvalue weighted by Gasteiger charge is 2.42. The molecule has 1 saturated heterocycles. The van der Waals surface area contributed by atoms with Crippen molar-refractivity contribution in [2.45, 2.75) is 31.4 Å². The van der Waals surface area contributed by atoms with Gasteiger partial charge in [0, 0.05) is 20.3 Å². The van der Waals surface area contributed by atoms with E-state index in [1.807, 2.05) is 4.90 Å². The van der Waals surface area contributed by atoms with Crippen molar-refractivity contribution < 1.29 is 18.7 Å². The first-order valence-electron chi connectivity index (χ1n) is 7.82. The van der Waals surface area contributed by atoms with E-state index in [4.69, 9.17) is 9.47 Å². The highest BCUT2D eigenvalue weighted by Crippen LogP contribution is 2.34. The van der Waals surface area contributed by atoms with E-state index in [1.54, 1.807) is 19.2 Å². The molecule has 1 aliphatic heterocycles. The average molecular weight is 307 g/mol. The molecule has 1 aliphatic carbocycles. The van der Waals surface area contributed by atoms with E-state index in [-0.39, 0.29) is 23.9 Å². The minimum absolute atomic E-state index is 0.1000. The first kappa shape index (κ1) is 15.4. The molecule has 0 unspecified atom stereocenters. The van der Waals surface area contributed by atoms with E-state index in [9.17, 15) is 9.18 Å². The molecule has 1 heterocycles. The number of carbonyl (C=O) groups is 1. The molecule has 2 fully saturated rings. The quantitative estimate of drug-likeness (QED) is 0.854. The number of ether oxygens (including phenoxy) is 2. The van der Waals surface area contributed by atoms with E-state index in [2.05, 4.69) is 0 Å². The van der Waals surface area contributed by atoms with Crippen LogP contribution in [0.25, 0.3) is 0 Å². The van der Waals surface area contributed by atoms with Crippen LogP contribution in [0.3, 0.4) is 0 Å². The van der Waals surface area contributed by atoms with Gasteiger partial charge in [-0.15, -0.1) is 0 Å². The first-order chi connectivity index (χ1) is 10.7. The molecule has 3 atom stereocenters.